The Morgan fingerprint density at radius 1 is 0.969 bits per heavy atom. The van der Waals surface area contributed by atoms with Crippen LogP contribution in [0, 0.1) is 0 Å². The molecule has 0 spiro atoms. The van der Waals surface area contributed by atoms with Gasteiger partial charge in [0.1, 0.15) is 0 Å². The van der Waals surface area contributed by atoms with E-state index in [1.165, 1.54) is 0 Å². The first-order chi connectivity index (χ1) is 15.5. The number of halogens is 1. The lowest BCUT2D eigenvalue weighted by molar-refractivity contribution is 0.0941. The summed E-state index contributed by atoms with van der Waals surface area (Å²) in [5, 5.41) is 4.30. The molecule has 2 aromatic heterocycles. The molecule has 1 atom stereocenters. The molecule has 7 heteroatoms. The Balaban J connectivity index is 1.72. The van der Waals surface area contributed by atoms with Crippen molar-refractivity contribution < 1.29 is 14.3 Å². The van der Waals surface area contributed by atoms with Gasteiger partial charge in [-0.25, -0.2) is 4.98 Å². The van der Waals surface area contributed by atoms with Gasteiger partial charge < -0.3 is 14.8 Å². The maximum atomic E-state index is 13.4. The van der Waals surface area contributed by atoms with E-state index in [0.29, 0.717) is 38.7 Å². The first-order valence-corrected chi connectivity index (χ1v) is 10.4. The zero-order chi connectivity index (χ0) is 22.7. The molecular weight excluding hydrogens is 426 g/mol. The molecule has 1 amide bonds. The van der Waals surface area contributed by atoms with E-state index in [1.54, 1.807) is 44.8 Å². The third kappa shape index (κ3) is 4.36. The summed E-state index contributed by atoms with van der Waals surface area (Å²) in [6.45, 7) is 1.92. The molecule has 4 aromatic rings. The van der Waals surface area contributed by atoms with Crippen molar-refractivity contribution in [3.63, 3.8) is 0 Å². The lowest BCUT2D eigenvalue weighted by atomic mass is 10.0. The number of carbonyl (C=O) groups excluding carboxylic acids is 1. The molecule has 6 nitrogen and oxygen atoms in total. The molecule has 0 fully saturated rings. The van der Waals surface area contributed by atoms with Crippen LogP contribution in [0.1, 0.15) is 28.9 Å². The number of ether oxygens (including phenoxy) is 2. The van der Waals surface area contributed by atoms with Crippen LogP contribution in [0.5, 0.6) is 11.5 Å². The molecule has 0 bridgehead atoms. The summed E-state index contributed by atoms with van der Waals surface area (Å²) in [6.07, 6.45) is 3.39. The first kappa shape index (κ1) is 21.6. The maximum absolute atomic E-state index is 13.4. The van der Waals surface area contributed by atoms with Crippen LogP contribution in [0.15, 0.2) is 67.0 Å². The van der Waals surface area contributed by atoms with Crippen molar-refractivity contribution in [1.29, 1.82) is 0 Å². The van der Waals surface area contributed by atoms with Crippen molar-refractivity contribution in [2.24, 2.45) is 0 Å². The molecule has 0 aliphatic carbocycles. The number of rotatable bonds is 6. The highest BCUT2D eigenvalue weighted by molar-refractivity contribution is 6.31. The quantitative estimate of drug-likeness (QED) is 0.425. The molecule has 2 aromatic carbocycles. The van der Waals surface area contributed by atoms with Crippen LogP contribution in [0.2, 0.25) is 5.02 Å². The lowest BCUT2D eigenvalue weighted by Gasteiger charge is -2.18. The van der Waals surface area contributed by atoms with Crippen molar-refractivity contribution >= 4 is 28.4 Å². The summed E-state index contributed by atoms with van der Waals surface area (Å²) < 4.78 is 10.7. The summed E-state index contributed by atoms with van der Waals surface area (Å²) in [4.78, 5) is 22.1. The Kier molecular flexibility index (Phi) is 6.23. The van der Waals surface area contributed by atoms with Crippen LogP contribution in [0.25, 0.3) is 22.2 Å². The SMILES string of the molecule is COc1ccc([C@@H](C)NC(=O)c2cc(-c3ccncc3)nc3ccc(Cl)cc23)cc1OC. The largest absolute Gasteiger partial charge is 0.493 e. The average molecular weight is 448 g/mol. The van der Waals surface area contributed by atoms with Crippen LogP contribution >= 0.6 is 11.6 Å². The van der Waals surface area contributed by atoms with Crippen molar-refractivity contribution in [3.05, 3.63) is 83.1 Å². The number of hydrogen-bond donors (Lipinski definition) is 1. The van der Waals surface area contributed by atoms with Gasteiger partial charge in [-0.05, 0) is 61.0 Å². The predicted molar refractivity (Wildman–Crippen MR) is 125 cm³/mol. The van der Waals surface area contributed by atoms with Crippen molar-refractivity contribution in [2.45, 2.75) is 13.0 Å². The number of pyridine rings is 2. The van der Waals surface area contributed by atoms with Gasteiger partial charge in [0.05, 0.1) is 37.0 Å². The predicted octanol–water partition coefficient (Wildman–Crippen LogP) is 5.46. The van der Waals surface area contributed by atoms with E-state index >= 15 is 0 Å². The topological polar surface area (TPSA) is 73.3 Å². The normalized spacial score (nSPS) is 11.8. The molecule has 0 saturated carbocycles. The maximum Gasteiger partial charge on any atom is 0.252 e. The molecule has 4 rings (SSSR count). The minimum absolute atomic E-state index is 0.225. The van der Waals surface area contributed by atoms with Crippen LogP contribution in [-0.4, -0.2) is 30.1 Å². The fraction of sp³-hybridized carbons (Fsp3) is 0.160. The van der Waals surface area contributed by atoms with Gasteiger partial charge in [-0.15, -0.1) is 0 Å². The fourth-order valence-corrected chi connectivity index (χ4v) is 3.71. The molecule has 1 N–H and O–H groups in total. The molecule has 0 aliphatic rings. The third-order valence-corrected chi connectivity index (χ3v) is 5.48. The Morgan fingerprint density at radius 2 is 1.72 bits per heavy atom. The molecule has 0 aliphatic heterocycles. The van der Waals surface area contributed by atoms with Gasteiger partial charge in [-0.2, -0.15) is 0 Å². The molecule has 32 heavy (non-hydrogen) atoms. The minimum atomic E-state index is -0.269. The smallest absolute Gasteiger partial charge is 0.252 e. The number of carbonyl (C=O) groups is 1. The Labute approximate surface area is 191 Å². The first-order valence-electron chi connectivity index (χ1n) is 10.0. The average Bonchev–Trinajstić information content (AvgIpc) is 2.83. The molecule has 2 heterocycles. The summed E-state index contributed by atoms with van der Waals surface area (Å²) in [6, 6.07) is 16.1. The second kappa shape index (κ2) is 9.24. The Bertz CT molecular complexity index is 1280. The van der Waals surface area contributed by atoms with E-state index in [1.807, 2.05) is 43.3 Å². The van der Waals surface area contributed by atoms with E-state index in [-0.39, 0.29) is 11.9 Å². The standard InChI is InChI=1S/C25H22ClN3O3/c1-15(17-4-7-23(31-2)24(12-17)32-3)28-25(30)20-14-22(16-8-10-27-11-9-16)29-21-6-5-18(26)13-19(20)21/h4-15H,1-3H3,(H,28,30)/t15-/m1/s1. The molecule has 0 radical (unpaired) electrons. The number of amides is 1. The van der Waals surface area contributed by atoms with Gasteiger partial charge in [0.25, 0.3) is 5.91 Å². The van der Waals surface area contributed by atoms with Gasteiger partial charge in [-0.3, -0.25) is 9.78 Å². The number of aromatic nitrogens is 2. The van der Waals surface area contributed by atoms with Gasteiger partial charge in [-0.1, -0.05) is 17.7 Å². The second-order valence-corrected chi connectivity index (χ2v) is 7.70. The monoisotopic (exact) mass is 447 g/mol. The van der Waals surface area contributed by atoms with Gasteiger partial charge in [0.2, 0.25) is 0 Å². The zero-order valence-corrected chi connectivity index (χ0v) is 18.7. The zero-order valence-electron chi connectivity index (χ0n) is 17.9. The second-order valence-electron chi connectivity index (χ2n) is 7.26. The van der Waals surface area contributed by atoms with E-state index in [9.17, 15) is 4.79 Å². The molecular formula is C25H22ClN3O3. The van der Waals surface area contributed by atoms with Crippen LogP contribution in [0.4, 0.5) is 0 Å². The fourth-order valence-electron chi connectivity index (χ4n) is 3.54. The van der Waals surface area contributed by atoms with Crippen molar-refractivity contribution in [3.8, 4) is 22.8 Å². The van der Waals surface area contributed by atoms with E-state index in [2.05, 4.69) is 10.3 Å². The number of fused-ring (bicyclic) bond motifs is 1. The molecule has 162 valence electrons. The number of hydrogen-bond acceptors (Lipinski definition) is 5. The number of nitrogens with one attached hydrogen (secondary N) is 1. The van der Waals surface area contributed by atoms with Gasteiger partial charge in [0.15, 0.2) is 11.5 Å². The van der Waals surface area contributed by atoms with Crippen molar-refractivity contribution in [1.82, 2.24) is 15.3 Å². The van der Waals surface area contributed by atoms with Gasteiger partial charge in [0, 0.05) is 28.4 Å². The summed E-state index contributed by atoms with van der Waals surface area (Å²) in [5.74, 6) is 1.01. The highest BCUT2D eigenvalue weighted by Gasteiger charge is 2.18. The van der Waals surface area contributed by atoms with Crippen LogP contribution in [0.3, 0.4) is 0 Å². The van der Waals surface area contributed by atoms with Gasteiger partial charge >= 0.3 is 0 Å². The Morgan fingerprint density at radius 3 is 2.44 bits per heavy atom. The summed E-state index contributed by atoms with van der Waals surface area (Å²) >= 11 is 6.22. The molecule has 0 unspecified atom stereocenters. The highest BCUT2D eigenvalue weighted by Crippen LogP contribution is 2.31. The van der Waals surface area contributed by atoms with Crippen molar-refractivity contribution in [2.75, 3.05) is 14.2 Å². The summed E-state index contributed by atoms with van der Waals surface area (Å²) in [7, 11) is 3.17. The third-order valence-electron chi connectivity index (χ3n) is 5.25. The number of methoxy groups -OCH3 is 2. The van der Waals surface area contributed by atoms with Crippen LogP contribution in [-0.2, 0) is 0 Å². The van der Waals surface area contributed by atoms with Crippen LogP contribution < -0.4 is 14.8 Å². The number of nitrogens with zero attached hydrogens (tertiary/aromatic N) is 2. The molecule has 0 saturated heterocycles. The lowest BCUT2D eigenvalue weighted by Crippen LogP contribution is -2.27. The number of benzene rings is 2. The van der Waals surface area contributed by atoms with E-state index in [4.69, 9.17) is 26.1 Å². The van der Waals surface area contributed by atoms with E-state index < -0.39 is 0 Å². The minimum Gasteiger partial charge on any atom is -0.493 e. The highest BCUT2D eigenvalue weighted by atomic mass is 35.5. The van der Waals surface area contributed by atoms with E-state index in [0.717, 1.165) is 11.1 Å². The summed E-state index contributed by atoms with van der Waals surface area (Å²) in [5.41, 5.74) is 3.64. The Hall–Kier alpha value is -3.64.